The van der Waals surface area contributed by atoms with E-state index in [1.165, 1.54) is 30.3 Å². The fraction of sp³-hybridized carbons (Fsp3) is 0.130. The molecule has 1 amide bonds. The van der Waals surface area contributed by atoms with E-state index in [9.17, 15) is 23.1 Å². The molecule has 0 saturated heterocycles. The molecule has 0 atom stereocenters. The van der Waals surface area contributed by atoms with Crippen LogP contribution in [0.5, 0.6) is 0 Å². The van der Waals surface area contributed by atoms with Crippen LogP contribution in [0.25, 0.3) is 0 Å². The molecule has 0 heterocycles. The third-order valence-electron chi connectivity index (χ3n) is 4.82. The van der Waals surface area contributed by atoms with Crippen LogP contribution in [0.1, 0.15) is 21.5 Å². The minimum absolute atomic E-state index is 0.0321. The van der Waals surface area contributed by atoms with Crippen LogP contribution in [0.15, 0.2) is 77.7 Å². The van der Waals surface area contributed by atoms with E-state index in [1.54, 1.807) is 42.5 Å². The molecule has 3 aromatic carbocycles. The molecule has 3 aromatic rings. The maximum atomic E-state index is 13.3. The van der Waals surface area contributed by atoms with Crippen LogP contribution in [0.3, 0.4) is 0 Å². The lowest BCUT2D eigenvalue weighted by Crippen LogP contribution is -2.38. The van der Waals surface area contributed by atoms with E-state index in [2.05, 4.69) is 5.32 Å². The van der Waals surface area contributed by atoms with Crippen molar-refractivity contribution >= 4 is 33.3 Å². The van der Waals surface area contributed by atoms with Gasteiger partial charge < -0.3 is 15.2 Å². The minimum Gasteiger partial charge on any atom is -0.545 e. The van der Waals surface area contributed by atoms with Crippen LogP contribution >= 0.6 is 0 Å². The van der Waals surface area contributed by atoms with Crippen molar-refractivity contribution in [3.05, 3.63) is 89.5 Å². The van der Waals surface area contributed by atoms with Gasteiger partial charge in [-0.15, -0.1) is 0 Å². The second-order valence-corrected chi connectivity index (χ2v) is 8.84. The number of benzene rings is 3. The van der Waals surface area contributed by atoms with Crippen molar-refractivity contribution in [2.75, 3.05) is 16.2 Å². The van der Waals surface area contributed by atoms with E-state index in [1.807, 2.05) is 13.8 Å². The van der Waals surface area contributed by atoms with Crippen LogP contribution < -0.4 is 14.7 Å². The average molecular weight is 437 g/mol. The molecule has 3 rings (SSSR count). The first kappa shape index (κ1) is 22.0. The summed E-state index contributed by atoms with van der Waals surface area (Å²) in [7, 11) is -4.05. The summed E-state index contributed by atoms with van der Waals surface area (Å²) in [6.07, 6.45) is 0. The number of rotatable bonds is 7. The van der Waals surface area contributed by atoms with Gasteiger partial charge in [-0.1, -0.05) is 42.5 Å². The highest BCUT2D eigenvalue weighted by Crippen LogP contribution is 2.26. The van der Waals surface area contributed by atoms with Gasteiger partial charge in [0.15, 0.2) is 0 Å². The Morgan fingerprint density at radius 3 is 2.19 bits per heavy atom. The highest BCUT2D eigenvalue weighted by Gasteiger charge is 2.27. The first-order valence-electron chi connectivity index (χ1n) is 9.45. The summed E-state index contributed by atoms with van der Waals surface area (Å²) in [6, 6.07) is 18.7. The van der Waals surface area contributed by atoms with Gasteiger partial charge in [0.05, 0.1) is 16.6 Å². The maximum absolute atomic E-state index is 13.3. The van der Waals surface area contributed by atoms with Crippen molar-refractivity contribution in [1.29, 1.82) is 0 Å². The van der Waals surface area contributed by atoms with Gasteiger partial charge >= 0.3 is 0 Å². The number of aromatic carboxylic acids is 1. The molecule has 1 N–H and O–H groups in total. The zero-order valence-electron chi connectivity index (χ0n) is 17.0. The highest BCUT2D eigenvalue weighted by molar-refractivity contribution is 7.92. The molecular formula is C23H21N2O5S-. The Bertz CT molecular complexity index is 1220. The molecule has 0 saturated carbocycles. The van der Waals surface area contributed by atoms with Crippen molar-refractivity contribution < 1.29 is 23.1 Å². The van der Waals surface area contributed by atoms with Crippen molar-refractivity contribution in [3.63, 3.8) is 0 Å². The summed E-state index contributed by atoms with van der Waals surface area (Å²) in [5.74, 6) is -2.13. The van der Waals surface area contributed by atoms with Gasteiger partial charge in [-0.25, -0.2) is 8.42 Å². The molecule has 0 aliphatic carbocycles. The number of carboxylic acids is 1. The molecule has 0 aliphatic rings. The number of nitrogens with one attached hydrogen (secondary N) is 1. The molecule has 0 bridgehead atoms. The zero-order chi connectivity index (χ0) is 22.6. The number of nitrogens with zero attached hydrogens (tertiary/aromatic N) is 1. The molecule has 0 aromatic heterocycles. The molecule has 0 fully saturated rings. The molecule has 8 heteroatoms. The first-order valence-corrected chi connectivity index (χ1v) is 10.9. The SMILES string of the molecule is Cc1ccc(N(CC(=O)Nc2ccccc2C(=O)[O-])S(=O)(=O)c2ccccc2)cc1C. The summed E-state index contributed by atoms with van der Waals surface area (Å²) in [5.41, 5.74) is 2.01. The second kappa shape index (κ2) is 9.01. The summed E-state index contributed by atoms with van der Waals surface area (Å²) in [6.45, 7) is 3.21. The van der Waals surface area contributed by atoms with Gasteiger partial charge in [0, 0.05) is 11.3 Å². The fourth-order valence-corrected chi connectivity index (χ4v) is 4.44. The van der Waals surface area contributed by atoms with Crippen molar-refractivity contribution in [3.8, 4) is 0 Å². The molecule has 0 radical (unpaired) electrons. The lowest BCUT2D eigenvalue weighted by atomic mass is 10.1. The van der Waals surface area contributed by atoms with Crippen LogP contribution in [0.4, 0.5) is 11.4 Å². The van der Waals surface area contributed by atoms with Crippen molar-refractivity contribution in [1.82, 2.24) is 0 Å². The Balaban J connectivity index is 1.98. The smallest absolute Gasteiger partial charge is 0.264 e. The molecule has 0 spiro atoms. The van der Waals surface area contributed by atoms with Crippen LogP contribution in [-0.4, -0.2) is 26.8 Å². The molecular weight excluding hydrogens is 416 g/mol. The van der Waals surface area contributed by atoms with E-state index in [4.69, 9.17) is 0 Å². The summed E-state index contributed by atoms with van der Waals surface area (Å²) < 4.78 is 27.7. The summed E-state index contributed by atoms with van der Waals surface area (Å²) in [5, 5.41) is 13.8. The van der Waals surface area contributed by atoms with Crippen LogP contribution in [0, 0.1) is 13.8 Å². The molecule has 31 heavy (non-hydrogen) atoms. The lowest BCUT2D eigenvalue weighted by molar-refractivity contribution is -0.254. The molecule has 0 aliphatic heterocycles. The van der Waals surface area contributed by atoms with E-state index < -0.39 is 28.4 Å². The number of para-hydroxylation sites is 1. The normalized spacial score (nSPS) is 11.0. The lowest BCUT2D eigenvalue weighted by Gasteiger charge is -2.25. The molecule has 7 nitrogen and oxygen atoms in total. The number of aryl methyl sites for hydroxylation is 2. The number of anilines is 2. The van der Waals surface area contributed by atoms with Gasteiger partial charge in [0.25, 0.3) is 10.0 Å². The predicted octanol–water partition coefficient (Wildman–Crippen LogP) is 2.50. The van der Waals surface area contributed by atoms with Crippen molar-refractivity contribution in [2.24, 2.45) is 0 Å². The third-order valence-corrected chi connectivity index (χ3v) is 6.61. The topological polar surface area (TPSA) is 107 Å². The van der Waals surface area contributed by atoms with Gasteiger partial charge in [0.1, 0.15) is 6.54 Å². The van der Waals surface area contributed by atoms with Crippen LogP contribution in [-0.2, 0) is 14.8 Å². The Kier molecular flexibility index (Phi) is 6.41. The van der Waals surface area contributed by atoms with Gasteiger partial charge in [-0.2, -0.15) is 0 Å². The summed E-state index contributed by atoms with van der Waals surface area (Å²) in [4.78, 5) is 24.1. The summed E-state index contributed by atoms with van der Waals surface area (Å²) >= 11 is 0. The number of hydrogen-bond acceptors (Lipinski definition) is 5. The van der Waals surface area contributed by atoms with Gasteiger partial charge in [-0.3, -0.25) is 9.10 Å². The zero-order valence-corrected chi connectivity index (χ0v) is 17.8. The average Bonchev–Trinajstić information content (AvgIpc) is 2.75. The number of carbonyl (C=O) groups excluding carboxylic acids is 2. The monoisotopic (exact) mass is 437 g/mol. The number of amides is 1. The standard InChI is InChI=1S/C23H22N2O5S/c1-16-12-13-18(14-17(16)2)25(31(29,30)19-8-4-3-5-9-19)15-22(26)24-21-11-7-6-10-20(21)23(27)28/h3-14H,15H2,1-2H3,(H,24,26)(H,27,28)/p-1. The van der Waals surface area contributed by atoms with Crippen LogP contribution in [0.2, 0.25) is 0 Å². The first-order chi connectivity index (χ1) is 14.7. The highest BCUT2D eigenvalue weighted by atomic mass is 32.2. The van der Waals surface area contributed by atoms with E-state index in [-0.39, 0.29) is 16.1 Å². The van der Waals surface area contributed by atoms with Gasteiger partial charge in [0.2, 0.25) is 5.91 Å². The van der Waals surface area contributed by atoms with Gasteiger partial charge in [-0.05, 0) is 55.3 Å². The largest absolute Gasteiger partial charge is 0.545 e. The number of sulfonamides is 1. The van der Waals surface area contributed by atoms with E-state index in [0.29, 0.717) is 5.69 Å². The second-order valence-electron chi connectivity index (χ2n) is 6.97. The van der Waals surface area contributed by atoms with Crippen molar-refractivity contribution in [2.45, 2.75) is 18.7 Å². The molecule has 160 valence electrons. The number of hydrogen-bond donors (Lipinski definition) is 1. The molecule has 0 unspecified atom stereocenters. The predicted molar refractivity (Wildman–Crippen MR) is 116 cm³/mol. The Labute approximate surface area is 181 Å². The maximum Gasteiger partial charge on any atom is 0.264 e. The fourth-order valence-electron chi connectivity index (χ4n) is 3.01. The number of carbonyl (C=O) groups is 2. The number of carboxylic acid groups (broad SMARTS) is 1. The Morgan fingerprint density at radius 1 is 0.903 bits per heavy atom. The Morgan fingerprint density at radius 2 is 1.55 bits per heavy atom. The van der Waals surface area contributed by atoms with E-state index in [0.717, 1.165) is 15.4 Å². The van der Waals surface area contributed by atoms with E-state index >= 15 is 0 Å². The quantitative estimate of drug-likeness (QED) is 0.611. The minimum atomic E-state index is -4.05. The Hall–Kier alpha value is -3.65. The third kappa shape index (κ3) is 4.92.